The Morgan fingerprint density at radius 1 is 1.27 bits per heavy atom. The lowest BCUT2D eigenvalue weighted by Crippen LogP contribution is -2.63. The Kier molecular flexibility index (Phi) is 2.71. The van der Waals surface area contributed by atoms with Gasteiger partial charge in [-0.1, -0.05) is 18.2 Å². The van der Waals surface area contributed by atoms with Crippen molar-refractivity contribution in [2.45, 2.75) is 69.3 Å². The van der Waals surface area contributed by atoms with Crippen molar-refractivity contribution in [1.82, 2.24) is 0 Å². The van der Waals surface area contributed by atoms with E-state index in [4.69, 9.17) is 9.47 Å². The molecule has 4 unspecified atom stereocenters. The molecule has 0 N–H and O–H groups in total. The molecule has 2 saturated heterocycles. The van der Waals surface area contributed by atoms with Gasteiger partial charge < -0.3 is 14.4 Å². The first-order valence-electron chi connectivity index (χ1n) is 9.39. The van der Waals surface area contributed by atoms with Gasteiger partial charge in [0.2, 0.25) is 5.60 Å². The number of Topliss-reactive ketones (excluding diaryl/α,β-unsaturated/α-hetero) is 1. The normalized spacial score (nSPS) is 38.5. The maximum atomic E-state index is 13.6. The summed E-state index contributed by atoms with van der Waals surface area (Å²) < 4.78 is 12.2. The van der Waals surface area contributed by atoms with Crippen molar-refractivity contribution in [2.24, 2.45) is 5.41 Å². The molecule has 3 fully saturated rings. The molecule has 26 heavy (non-hydrogen) atoms. The van der Waals surface area contributed by atoms with Crippen LogP contribution in [0.15, 0.2) is 24.3 Å². The highest BCUT2D eigenvalue weighted by molar-refractivity contribution is 6.16. The molecular weight excluding hydrogens is 330 g/mol. The van der Waals surface area contributed by atoms with Crippen molar-refractivity contribution in [2.75, 3.05) is 11.9 Å². The van der Waals surface area contributed by atoms with Gasteiger partial charge in [0.05, 0.1) is 17.1 Å². The van der Waals surface area contributed by atoms with Gasteiger partial charge in [-0.25, -0.2) is 4.79 Å². The largest absolute Gasteiger partial charge is 0.457 e. The second-order valence-electron chi connectivity index (χ2n) is 9.45. The lowest BCUT2D eigenvalue weighted by molar-refractivity contribution is -0.182. The Hall–Kier alpha value is -1.88. The van der Waals surface area contributed by atoms with Crippen LogP contribution in [0, 0.1) is 5.41 Å². The first kappa shape index (κ1) is 16.3. The van der Waals surface area contributed by atoms with Crippen LogP contribution in [0.1, 0.15) is 52.0 Å². The van der Waals surface area contributed by atoms with Crippen LogP contribution >= 0.6 is 0 Å². The summed E-state index contributed by atoms with van der Waals surface area (Å²) in [6.45, 7) is 7.51. The predicted molar refractivity (Wildman–Crippen MR) is 96.1 cm³/mol. The van der Waals surface area contributed by atoms with Crippen LogP contribution in [-0.4, -0.2) is 41.6 Å². The number of hydrogen-bond donors (Lipinski definition) is 0. The summed E-state index contributed by atoms with van der Waals surface area (Å²) in [6.07, 6.45) is 1.59. The fourth-order valence-electron chi connectivity index (χ4n) is 5.79. The molecule has 1 spiro atoms. The smallest absolute Gasteiger partial charge is 0.349 e. The number of ketones is 1. The average Bonchev–Trinajstić information content (AvgIpc) is 3.19. The van der Waals surface area contributed by atoms with Crippen molar-refractivity contribution in [3.8, 4) is 0 Å². The topological polar surface area (TPSA) is 55.8 Å². The summed E-state index contributed by atoms with van der Waals surface area (Å²) >= 11 is 0. The molecule has 5 nitrogen and oxygen atoms in total. The zero-order valence-corrected chi connectivity index (χ0v) is 16.0. The van der Waals surface area contributed by atoms with Gasteiger partial charge in [0.15, 0.2) is 5.78 Å². The molecule has 4 aliphatic rings. The maximum absolute atomic E-state index is 13.6. The number of esters is 1. The third kappa shape index (κ3) is 1.54. The molecule has 0 radical (unpaired) electrons. The lowest BCUT2D eigenvalue weighted by Gasteiger charge is -2.40. The van der Waals surface area contributed by atoms with Crippen LogP contribution in [0.2, 0.25) is 0 Å². The molecule has 1 aliphatic carbocycles. The van der Waals surface area contributed by atoms with E-state index >= 15 is 0 Å². The van der Waals surface area contributed by atoms with E-state index in [0.717, 1.165) is 18.5 Å². The second kappa shape index (κ2) is 4.33. The summed E-state index contributed by atoms with van der Waals surface area (Å²) in [5.74, 6) is -0.601. The monoisotopic (exact) mass is 355 g/mol. The molecule has 2 bridgehead atoms. The summed E-state index contributed by atoms with van der Waals surface area (Å²) in [5.41, 5.74) is -1.15. The highest BCUT2D eigenvalue weighted by Gasteiger charge is 2.88. The fraction of sp³-hybridized carbons (Fsp3) is 0.619. The number of fused-ring (bicyclic) bond motifs is 8. The number of likely N-dealkylation sites (N-methyl/N-ethyl adjacent to an activating group) is 1. The Morgan fingerprint density at radius 2 is 1.92 bits per heavy atom. The Balaban J connectivity index is 1.72. The molecule has 5 rings (SSSR count). The summed E-state index contributed by atoms with van der Waals surface area (Å²) in [4.78, 5) is 29.0. The average molecular weight is 355 g/mol. The predicted octanol–water partition coefficient (Wildman–Crippen LogP) is 2.82. The van der Waals surface area contributed by atoms with E-state index in [1.807, 2.05) is 46.9 Å². The van der Waals surface area contributed by atoms with Crippen molar-refractivity contribution < 1.29 is 19.1 Å². The van der Waals surface area contributed by atoms with Crippen LogP contribution in [0.25, 0.3) is 0 Å². The third-order valence-electron chi connectivity index (χ3n) is 6.94. The molecule has 1 aromatic carbocycles. The number of ether oxygens (including phenoxy) is 2. The summed E-state index contributed by atoms with van der Waals surface area (Å²) in [5, 5.41) is 0. The van der Waals surface area contributed by atoms with Gasteiger partial charge in [0, 0.05) is 18.7 Å². The van der Waals surface area contributed by atoms with Crippen LogP contribution in [0.4, 0.5) is 5.69 Å². The van der Waals surface area contributed by atoms with Gasteiger partial charge in [-0.3, -0.25) is 4.79 Å². The van der Waals surface area contributed by atoms with Gasteiger partial charge in [-0.2, -0.15) is 0 Å². The minimum Gasteiger partial charge on any atom is -0.457 e. The van der Waals surface area contributed by atoms with Crippen LogP contribution in [0.5, 0.6) is 0 Å². The van der Waals surface area contributed by atoms with E-state index in [1.54, 1.807) is 0 Å². The van der Waals surface area contributed by atoms with Crippen LogP contribution in [-0.2, 0) is 19.1 Å². The molecule has 1 saturated carbocycles. The minimum atomic E-state index is -1.53. The number of rotatable bonds is 1. The van der Waals surface area contributed by atoms with Gasteiger partial charge in [0.1, 0.15) is 5.60 Å². The van der Waals surface area contributed by atoms with Gasteiger partial charge in [-0.05, 0) is 52.2 Å². The number of para-hydroxylation sites is 1. The number of nitrogens with zero attached hydrogens (tertiary/aromatic N) is 1. The molecule has 3 aliphatic heterocycles. The van der Waals surface area contributed by atoms with E-state index in [2.05, 4.69) is 17.0 Å². The minimum absolute atomic E-state index is 0.00332. The fourth-order valence-corrected chi connectivity index (χ4v) is 5.79. The van der Waals surface area contributed by atoms with Crippen molar-refractivity contribution in [1.29, 1.82) is 0 Å². The second-order valence-corrected chi connectivity index (χ2v) is 9.45. The van der Waals surface area contributed by atoms with E-state index < -0.39 is 28.2 Å². The highest BCUT2D eigenvalue weighted by Crippen LogP contribution is 2.76. The van der Waals surface area contributed by atoms with E-state index in [-0.39, 0.29) is 17.7 Å². The lowest BCUT2D eigenvalue weighted by atomic mass is 9.62. The van der Waals surface area contributed by atoms with Crippen molar-refractivity contribution in [3.63, 3.8) is 0 Å². The zero-order valence-electron chi connectivity index (χ0n) is 16.0. The van der Waals surface area contributed by atoms with Crippen LogP contribution in [0.3, 0.4) is 0 Å². The maximum Gasteiger partial charge on any atom is 0.349 e. The van der Waals surface area contributed by atoms with Crippen LogP contribution < -0.4 is 4.90 Å². The quantitative estimate of drug-likeness (QED) is 0.573. The van der Waals surface area contributed by atoms with Gasteiger partial charge in [0.25, 0.3) is 0 Å². The number of carbonyl (C=O) groups is 2. The molecule has 1 aromatic rings. The molecule has 3 heterocycles. The number of hydrogen-bond acceptors (Lipinski definition) is 5. The van der Waals surface area contributed by atoms with E-state index in [9.17, 15) is 9.59 Å². The molecule has 138 valence electrons. The summed E-state index contributed by atoms with van der Waals surface area (Å²) in [7, 11) is 1.95. The number of carbonyl (C=O) groups excluding carboxylic acids is 2. The Bertz CT molecular complexity index is 852. The standard InChI is InChI=1S/C21H25NO4/c1-18(2,3)25-17(24)21-15-14(12-8-6-7-9-13(12)22(15)5)19(4,26-21)20(10-11-20)16(21)23/h6-9,14-15H,10-11H2,1-5H3. The van der Waals surface area contributed by atoms with Gasteiger partial charge in [-0.15, -0.1) is 0 Å². The molecule has 5 heteroatoms. The molecule has 0 aromatic heterocycles. The van der Waals surface area contributed by atoms with Crippen molar-refractivity contribution >= 4 is 17.4 Å². The SMILES string of the molecule is CN1c2ccccc2C2C1C1(C(=O)OC(C)(C)C)OC2(C)C2(CC2)C1=O. The molecule has 4 atom stereocenters. The number of benzene rings is 1. The first-order valence-corrected chi connectivity index (χ1v) is 9.39. The Morgan fingerprint density at radius 3 is 2.54 bits per heavy atom. The molecular formula is C21H25NO4. The van der Waals surface area contributed by atoms with Gasteiger partial charge >= 0.3 is 5.97 Å². The number of anilines is 1. The van der Waals surface area contributed by atoms with E-state index in [0.29, 0.717) is 0 Å². The highest BCUT2D eigenvalue weighted by atomic mass is 16.6. The summed E-state index contributed by atoms with van der Waals surface area (Å²) in [6, 6.07) is 7.83. The zero-order chi connectivity index (χ0) is 18.7. The van der Waals surface area contributed by atoms with Crippen molar-refractivity contribution in [3.05, 3.63) is 29.8 Å². The molecule has 0 amide bonds. The third-order valence-corrected chi connectivity index (χ3v) is 6.94. The van der Waals surface area contributed by atoms with E-state index in [1.165, 1.54) is 5.56 Å². The first-order chi connectivity index (χ1) is 12.1. The Labute approximate surface area is 153 Å².